The lowest BCUT2D eigenvalue weighted by Gasteiger charge is -2.24. The minimum Gasteiger partial charge on any atom is -0.335 e. The number of nitrogens with one attached hydrogen (secondary N) is 1. The van der Waals surface area contributed by atoms with E-state index in [1.165, 1.54) is 4.88 Å². The van der Waals surface area contributed by atoms with Crippen molar-refractivity contribution in [3.63, 3.8) is 0 Å². The molecule has 1 aromatic rings. The van der Waals surface area contributed by atoms with Crippen LogP contribution < -0.4 is 5.32 Å². The van der Waals surface area contributed by atoms with Gasteiger partial charge in [0.25, 0.3) is 0 Å². The van der Waals surface area contributed by atoms with Gasteiger partial charge in [0.1, 0.15) is 0 Å². The van der Waals surface area contributed by atoms with Gasteiger partial charge in [0, 0.05) is 30.4 Å². The molecule has 0 aromatic carbocycles. The highest BCUT2D eigenvalue weighted by molar-refractivity contribution is 7.92. The number of hydrogen-bond acceptors (Lipinski definition) is 4. The van der Waals surface area contributed by atoms with Crippen LogP contribution in [-0.4, -0.2) is 49.0 Å². The van der Waals surface area contributed by atoms with Gasteiger partial charge >= 0.3 is 6.03 Å². The van der Waals surface area contributed by atoms with Crippen LogP contribution in [0.4, 0.5) is 4.79 Å². The number of urea groups is 1. The van der Waals surface area contributed by atoms with Crippen LogP contribution in [0.5, 0.6) is 0 Å². The predicted octanol–water partition coefficient (Wildman–Crippen LogP) is 2.29. The van der Waals surface area contributed by atoms with E-state index in [1.54, 1.807) is 30.1 Å². The number of hydrogen-bond donors (Lipinski definition) is 1. The van der Waals surface area contributed by atoms with Crippen molar-refractivity contribution in [3.05, 3.63) is 22.4 Å². The normalized spacial score (nSPS) is 21.9. The number of nitrogens with zero attached hydrogens (tertiary/aromatic N) is 1. The maximum atomic E-state index is 12.3. The third-order valence-electron chi connectivity index (χ3n) is 4.20. The maximum absolute atomic E-state index is 12.3. The van der Waals surface area contributed by atoms with E-state index < -0.39 is 14.6 Å². The summed E-state index contributed by atoms with van der Waals surface area (Å²) in [5.41, 5.74) is 0. The molecule has 0 radical (unpaired) electrons. The van der Waals surface area contributed by atoms with Crippen molar-refractivity contribution >= 4 is 27.2 Å². The van der Waals surface area contributed by atoms with Crippen LogP contribution in [0.1, 0.15) is 32.1 Å². The van der Waals surface area contributed by atoms with Crippen LogP contribution in [-0.2, 0) is 16.3 Å². The Hall–Kier alpha value is -1.08. The number of amides is 2. The summed E-state index contributed by atoms with van der Waals surface area (Å²) in [4.78, 5) is 15.2. The van der Waals surface area contributed by atoms with E-state index in [9.17, 15) is 13.2 Å². The van der Waals surface area contributed by atoms with Crippen molar-refractivity contribution in [2.75, 3.05) is 18.8 Å². The number of carbonyl (C=O) groups is 1. The molecule has 22 heavy (non-hydrogen) atoms. The minimum absolute atomic E-state index is 0.0269. The Kier molecular flexibility index (Phi) is 5.17. The van der Waals surface area contributed by atoms with E-state index in [1.807, 2.05) is 24.4 Å². The Morgan fingerprint density at radius 3 is 2.82 bits per heavy atom. The standard InChI is InChI=1S/C15H24N2O3S2/c1-12(11-13-5-4-9-21-13)16-14(18)17-7-6-15(2,3)22(19,20)10-8-17/h4-5,9,12H,6-8,10-11H2,1-3H3,(H,16,18). The number of rotatable bonds is 3. The molecule has 2 heterocycles. The Bertz CT molecular complexity index is 609. The van der Waals surface area contributed by atoms with Gasteiger partial charge in [0.2, 0.25) is 0 Å². The zero-order valence-corrected chi connectivity index (χ0v) is 15.0. The highest BCUT2D eigenvalue weighted by atomic mass is 32.2. The molecule has 0 aliphatic carbocycles. The summed E-state index contributed by atoms with van der Waals surface area (Å²) < 4.78 is 23.6. The highest BCUT2D eigenvalue weighted by Crippen LogP contribution is 2.25. The molecule has 1 aromatic heterocycles. The molecule has 0 bridgehead atoms. The van der Waals surface area contributed by atoms with E-state index >= 15 is 0 Å². The summed E-state index contributed by atoms with van der Waals surface area (Å²) in [6.45, 7) is 6.19. The molecule has 124 valence electrons. The summed E-state index contributed by atoms with van der Waals surface area (Å²) in [5, 5.41) is 4.99. The topological polar surface area (TPSA) is 66.5 Å². The average molecular weight is 345 g/mol. The van der Waals surface area contributed by atoms with Crippen LogP contribution in [0.15, 0.2) is 17.5 Å². The van der Waals surface area contributed by atoms with Gasteiger partial charge in [-0.25, -0.2) is 13.2 Å². The third kappa shape index (κ3) is 4.01. The van der Waals surface area contributed by atoms with E-state index in [4.69, 9.17) is 0 Å². The van der Waals surface area contributed by atoms with E-state index in [0.29, 0.717) is 13.0 Å². The zero-order chi connectivity index (χ0) is 16.4. The Morgan fingerprint density at radius 1 is 1.45 bits per heavy atom. The Labute approximate surface area is 136 Å². The van der Waals surface area contributed by atoms with Crippen molar-refractivity contribution in [1.82, 2.24) is 10.2 Å². The molecule has 0 spiro atoms. The first-order valence-corrected chi connectivity index (χ1v) is 10.0. The molecule has 1 aliphatic heterocycles. The molecule has 1 saturated heterocycles. The molecular weight excluding hydrogens is 320 g/mol. The molecule has 1 aliphatic rings. The molecule has 5 nitrogen and oxygen atoms in total. The lowest BCUT2D eigenvalue weighted by molar-refractivity contribution is 0.197. The number of thiophene rings is 1. The van der Waals surface area contributed by atoms with E-state index in [2.05, 4.69) is 5.32 Å². The fourth-order valence-electron chi connectivity index (χ4n) is 2.46. The lowest BCUT2D eigenvalue weighted by Crippen LogP contribution is -2.45. The summed E-state index contributed by atoms with van der Waals surface area (Å²) in [6, 6.07) is 3.90. The van der Waals surface area contributed by atoms with Gasteiger partial charge in [-0.15, -0.1) is 11.3 Å². The van der Waals surface area contributed by atoms with Gasteiger partial charge in [-0.3, -0.25) is 0 Å². The largest absolute Gasteiger partial charge is 0.335 e. The summed E-state index contributed by atoms with van der Waals surface area (Å²) in [7, 11) is -3.15. The SMILES string of the molecule is CC(Cc1cccs1)NC(=O)N1CCC(C)(C)S(=O)(=O)CC1. The van der Waals surface area contributed by atoms with Gasteiger partial charge in [-0.1, -0.05) is 6.07 Å². The second-order valence-electron chi connectivity index (χ2n) is 6.45. The highest BCUT2D eigenvalue weighted by Gasteiger charge is 2.38. The number of sulfone groups is 1. The first kappa shape index (κ1) is 17.3. The first-order chi connectivity index (χ1) is 10.2. The molecule has 7 heteroatoms. The first-order valence-electron chi connectivity index (χ1n) is 7.51. The van der Waals surface area contributed by atoms with Crippen LogP contribution in [0.3, 0.4) is 0 Å². The van der Waals surface area contributed by atoms with Gasteiger partial charge in [0.05, 0.1) is 10.5 Å². The minimum atomic E-state index is -3.15. The summed E-state index contributed by atoms with van der Waals surface area (Å²) >= 11 is 1.67. The molecule has 2 amide bonds. The fraction of sp³-hybridized carbons (Fsp3) is 0.667. The van der Waals surface area contributed by atoms with Crippen molar-refractivity contribution in [3.8, 4) is 0 Å². The van der Waals surface area contributed by atoms with Crippen molar-refractivity contribution in [2.24, 2.45) is 0 Å². The zero-order valence-electron chi connectivity index (χ0n) is 13.3. The second-order valence-corrected chi connectivity index (χ2v) is 10.2. The Balaban J connectivity index is 1.93. The summed E-state index contributed by atoms with van der Waals surface area (Å²) in [5.74, 6) is 0.0344. The average Bonchev–Trinajstić information content (AvgIpc) is 2.86. The van der Waals surface area contributed by atoms with Crippen molar-refractivity contribution < 1.29 is 13.2 Å². The summed E-state index contributed by atoms with van der Waals surface area (Å²) in [6.07, 6.45) is 1.27. The molecule has 1 atom stereocenters. The third-order valence-corrected chi connectivity index (χ3v) is 7.71. The fourth-order valence-corrected chi connectivity index (χ4v) is 4.72. The van der Waals surface area contributed by atoms with Crippen molar-refractivity contribution in [2.45, 2.75) is 44.4 Å². The van der Waals surface area contributed by atoms with Gasteiger partial charge in [-0.05, 0) is 38.6 Å². The van der Waals surface area contributed by atoms with E-state index in [-0.39, 0.29) is 24.4 Å². The molecular formula is C15H24N2O3S2. The monoisotopic (exact) mass is 344 g/mol. The van der Waals surface area contributed by atoms with Gasteiger partial charge < -0.3 is 10.2 Å². The maximum Gasteiger partial charge on any atom is 0.317 e. The second kappa shape index (κ2) is 6.58. The molecule has 1 N–H and O–H groups in total. The molecule has 0 saturated carbocycles. The predicted molar refractivity (Wildman–Crippen MR) is 90.1 cm³/mol. The van der Waals surface area contributed by atoms with Crippen LogP contribution >= 0.6 is 11.3 Å². The Morgan fingerprint density at radius 2 is 2.18 bits per heavy atom. The molecule has 1 unspecified atom stereocenters. The lowest BCUT2D eigenvalue weighted by atomic mass is 10.1. The van der Waals surface area contributed by atoms with Crippen molar-refractivity contribution in [1.29, 1.82) is 0 Å². The van der Waals surface area contributed by atoms with Crippen LogP contribution in [0.2, 0.25) is 0 Å². The van der Waals surface area contributed by atoms with Gasteiger partial charge in [-0.2, -0.15) is 0 Å². The molecule has 1 fully saturated rings. The van der Waals surface area contributed by atoms with Crippen LogP contribution in [0, 0.1) is 0 Å². The smallest absolute Gasteiger partial charge is 0.317 e. The molecule has 2 rings (SSSR count). The van der Waals surface area contributed by atoms with E-state index in [0.717, 1.165) is 6.42 Å². The van der Waals surface area contributed by atoms with Gasteiger partial charge in [0.15, 0.2) is 9.84 Å². The number of carbonyl (C=O) groups excluding carboxylic acids is 1. The van der Waals surface area contributed by atoms with Crippen LogP contribution in [0.25, 0.3) is 0 Å². The quantitative estimate of drug-likeness (QED) is 0.915.